The zero-order chi connectivity index (χ0) is 16.7. The summed E-state index contributed by atoms with van der Waals surface area (Å²) in [6.45, 7) is -0.290. The van der Waals surface area contributed by atoms with Gasteiger partial charge in [0, 0.05) is 36.3 Å². The van der Waals surface area contributed by atoms with E-state index in [1.54, 1.807) is 24.3 Å². The first-order valence-corrected chi connectivity index (χ1v) is 7.34. The third-order valence-electron chi connectivity index (χ3n) is 4.45. The Hall–Kier alpha value is -2.02. The second-order valence-electron chi connectivity index (χ2n) is 5.69. The van der Waals surface area contributed by atoms with Gasteiger partial charge in [-0.1, -0.05) is 18.2 Å². The lowest BCUT2D eigenvalue weighted by Gasteiger charge is -2.40. The minimum atomic E-state index is -4.57. The summed E-state index contributed by atoms with van der Waals surface area (Å²) in [6, 6.07) is 6.82. The Balaban J connectivity index is 2.20. The monoisotopic (exact) mass is 326 g/mol. The summed E-state index contributed by atoms with van der Waals surface area (Å²) >= 11 is 0. The lowest BCUT2D eigenvalue weighted by atomic mass is 9.86. The van der Waals surface area contributed by atoms with Crippen molar-refractivity contribution in [2.45, 2.75) is 24.6 Å². The summed E-state index contributed by atoms with van der Waals surface area (Å²) in [6.07, 6.45) is -3.04. The van der Waals surface area contributed by atoms with Crippen molar-refractivity contribution in [2.24, 2.45) is 0 Å². The molecule has 0 aliphatic carbocycles. The molecule has 1 aliphatic heterocycles. The van der Waals surface area contributed by atoms with Crippen LogP contribution >= 0.6 is 0 Å². The summed E-state index contributed by atoms with van der Waals surface area (Å²) in [5.41, 5.74) is -1.58. The maximum Gasteiger partial charge on any atom is 0.416 e. The number of likely N-dealkylation sites (tertiary alicyclic amines) is 1. The summed E-state index contributed by atoms with van der Waals surface area (Å²) in [4.78, 5) is 16.0. The standard InChI is InChI=1S/C16H17F3N2O2/c1-23-10-14(22)21-8-4-7-15(21,16(17,18)19)12-9-20-13-6-3-2-5-11(12)13/h2-3,5-6,9,20H,4,7-8,10H2,1H3. The van der Waals surface area contributed by atoms with Crippen molar-refractivity contribution in [3.63, 3.8) is 0 Å². The number of carbonyl (C=O) groups excluding carboxylic acids is 1. The van der Waals surface area contributed by atoms with Crippen molar-refractivity contribution in [3.8, 4) is 0 Å². The molecule has 1 aliphatic rings. The number of ether oxygens (including phenoxy) is 1. The highest BCUT2D eigenvalue weighted by Gasteiger charge is 2.63. The average Bonchev–Trinajstić information content (AvgIpc) is 3.11. The topological polar surface area (TPSA) is 45.3 Å². The van der Waals surface area contributed by atoms with Crippen molar-refractivity contribution >= 4 is 16.8 Å². The van der Waals surface area contributed by atoms with Crippen molar-refractivity contribution in [3.05, 3.63) is 36.0 Å². The number of methoxy groups -OCH3 is 1. The lowest BCUT2D eigenvalue weighted by Crippen LogP contribution is -2.55. The molecule has 1 aromatic heterocycles. The molecule has 4 nitrogen and oxygen atoms in total. The molecule has 1 saturated heterocycles. The normalized spacial score (nSPS) is 22.0. The van der Waals surface area contributed by atoms with Crippen LogP contribution in [0.5, 0.6) is 0 Å². The summed E-state index contributed by atoms with van der Waals surface area (Å²) in [5, 5.41) is 0.488. The molecule has 3 rings (SSSR count). The maximum atomic E-state index is 14.1. The summed E-state index contributed by atoms with van der Waals surface area (Å²) < 4.78 is 47.1. The van der Waals surface area contributed by atoms with Gasteiger partial charge in [-0.05, 0) is 18.9 Å². The van der Waals surface area contributed by atoms with E-state index in [9.17, 15) is 18.0 Å². The lowest BCUT2D eigenvalue weighted by molar-refractivity contribution is -0.229. The van der Waals surface area contributed by atoms with E-state index < -0.39 is 17.6 Å². The molecule has 2 heterocycles. The maximum absolute atomic E-state index is 14.1. The molecule has 1 fully saturated rings. The molecule has 0 bridgehead atoms. The fourth-order valence-corrected chi connectivity index (χ4v) is 3.50. The molecule has 1 atom stereocenters. The van der Waals surface area contributed by atoms with E-state index in [1.807, 2.05) is 0 Å². The Morgan fingerprint density at radius 3 is 2.83 bits per heavy atom. The van der Waals surface area contributed by atoms with Crippen molar-refractivity contribution in [2.75, 3.05) is 20.3 Å². The van der Waals surface area contributed by atoms with Crippen LogP contribution in [-0.4, -0.2) is 42.2 Å². The van der Waals surface area contributed by atoms with E-state index >= 15 is 0 Å². The number of benzene rings is 1. The Bertz CT molecular complexity index is 725. The van der Waals surface area contributed by atoms with Crippen LogP contribution in [0.4, 0.5) is 13.2 Å². The molecule has 2 aromatic rings. The Morgan fingerprint density at radius 1 is 1.39 bits per heavy atom. The smallest absolute Gasteiger partial charge is 0.375 e. The van der Waals surface area contributed by atoms with Gasteiger partial charge in [0.05, 0.1) is 0 Å². The number of nitrogens with one attached hydrogen (secondary N) is 1. The van der Waals surface area contributed by atoms with Crippen LogP contribution in [0, 0.1) is 0 Å². The van der Waals surface area contributed by atoms with Gasteiger partial charge >= 0.3 is 6.18 Å². The van der Waals surface area contributed by atoms with E-state index in [0.717, 1.165) is 4.90 Å². The molecule has 124 valence electrons. The van der Waals surface area contributed by atoms with Gasteiger partial charge < -0.3 is 14.6 Å². The van der Waals surface area contributed by atoms with Crippen LogP contribution in [0.3, 0.4) is 0 Å². The largest absolute Gasteiger partial charge is 0.416 e. The van der Waals surface area contributed by atoms with E-state index in [2.05, 4.69) is 4.98 Å². The van der Waals surface area contributed by atoms with Gasteiger partial charge in [-0.3, -0.25) is 4.79 Å². The highest BCUT2D eigenvalue weighted by atomic mass is 19.4. The molecule has 1 amide bonds. The van der Waals surface area contributed by atoms with Crippen molar-refractivity contribution < 1.29 is 22.7 Å². The molecular weight excluding hydrogens is 309 g/mol. The second-order valence-corrected chi connectivity index (χ2v) is 5.69. The van der Waals surface area contributed by atoms with E-state index in [1.165, 1.54) is 13.3 Å². The molecule has 7 heteroatoms. The number of alkyl halides is 3. The van der Waals surface area contributed by atoms with Gasteiger partial charge in [0.15, 0.2) is 5.54 Å². The number of hydrogen-bond acceptors (Lipinski definition) is 2. The molecule has 0 radical (unpaired) electrons. The Labute approximate surface area is 131 Å². The summed E-state index contributed by atoms with van der Waals surface area (Å²) in [7, 11) is 1.30. The van der Waals surface area contributed by atoms with Crippen LogP contribution in [0.2, 0.25) is 0 Å². The molecular formula is C16H17F3N2O2. The molecule has 23 heavy (non-hydrogen) atoms. The number of halogens is 3. The molecule has 1 aromatic carbocycles. The number of amides is 1. The van der Waals surface area contributed by atoms with Gasteiger partial charge in [0.2, 0.25) is 5.91 Å². The minimum Gasteiger partial charge on any atom is -0.375 e. The first kappa shape index (κ1) is 15.9. The fourth-order valence-electron chi connectivity index (χ4n) is 3.50. The van der Waals surface area contributed by atoms with E-state index in [-0.39, 0.29) is 25.1 Å². The minimum absolute atomic E-state index is 0.0706. The van der Waals surface area contributed by atoms with Crippen LogP contribution in [0.25, 0.3) is 10.9 Å². The second kappa shape index (κ2) is 5.56. The first-order valence-electron chi connectivity index (χ1n) is 7.34. The van der Waals surface area contributed by atoms with Gasteiger partial charge in [0.1, 0.15) is 6.61 Å². The number of H-pyrrole nitrogens is 1. The Morgan fingerprint density at radius 2 is 2.13 bits per heavy atom. The number of carbonyl (C=O) groups is 1. The van der Waals surface area contributed by atoms with Crippen LogP contribution in [0.15, 0.2) is 30.5 Å². The van der Waals surface area contributed by atoms with Gasteiger partial charge in [0.25, 0.3) is 0 Å². The van der Waals surface area contributed by atoms with Gasteiger partial charge in [-0.15, -0.1) is 0 Å². The zero-order valence-electron chi connectivity index (χ0n) is 12.6. The Kier molecular flexibility index (Phi) is 3.83. The third-order valence-corrected chi connectivity index (χ3v) is 4.45. The SMILES string of the molecule is COCC(=O)N1CCCC1(c1c[nH]c2ccccc12)C(F)(F)F. The fraction of sp³-hybridized carbons (Fsp3) is 0.438. The predicted octanol–water partition coefficient (Wildman–Crippen LogP) is 3.19. The number of fused-ring (bicyclic) bond motifs is 1. The van der Waals surface area contributed by atoms with Crippen molar-refractivity contribution in [1.82, 2.24) is 9.88 Å². The van der Waals surface area contributed by atoms with E-state index in [0.29, 0.717) is 17.3 Å². The predicted molar refractivity (Wildman–Crippen MR) is 78.9 cm³/mol. The van der Waals surface area contributed by atoms with Gasteiger partial charge in [-0.25, -0.2) is 0 Å². The number of nitrogens with zero attached hydrogens (tertiary/aromatic N) is 1. The van der Waals surface area contributed by atoms with Crippen LogP contribution in [-0.2, 0) is 15.1 Å². The zero-order valence-corrected chi connectivity index (χ0v) is 12.6. The number of rotatable bonds is 3. The molecule has 0 spiro atoms. The number of aromatic amines is 1. The average molecular weight is 326 g/mol. The van der Waals surface area contributed by atoms with E-state index in [4.69, 9.17) is 4.74 Å². The molecule has 0 saturated carbocycles. The number of para-hydroxylation sites is 1. The quantitative estimate of drug-likeness (QED) is 0.941. The highest BCUT2D eigenvalue weighted by molar-refractivity contribution is 5.86. The van der Waals surface area contributed by atoms with Gasteiger partial charge in [-0.2, -0.15) is 13.2 Å². The van der Waals surface area contributed by atoms with Crippen LogP contribution in [0.1, 0.15) is 18.4 Å². The molecule has 1 unspecified atom stereocenters. The van der Waals surface area contributed by atoms with Crippen LogP contribution < -0.4 is 0 Å². The summed E-state index contributed by atoms with van der Waals surface area (Å²) in [5.74, 6) is -0.646. The first-order chi connectivity index (χ1) is 10.9. The molecule has 1 N–H and O–H groups in total. The van der Waals surface area contributed by atoms with Crippen molar-refractivity contribution in [1.29, 1.82) is 0 Å². The number of hydrogen-bond donors (Lipinski definition) is 1. The third kappa shape index (κ3) is 2.30. The number of aromatic nitrogens is 1. The highest BCUT2D eigenvalue weighted by Crippen LogP contribution is 2.52.